The second kappa shape index (κ2) is 4.80. The molecule has 1 rings (SSSR count). The van der Waals surface area contributed by atoms with E-state index in [4.69, 9.17) is 21.4 Å². The molecular weight excluding hydrogens is 238 g/mol. The standard InChI is InChI=1S/C9H8ClNO5/c1-16-9-5(4-8(12)13)6(10)2-3-7(9)11(14)15/h2-3H,4H2,1H3,(H,12,13). The van der Waals surface area contributed by atoms with Gasteiger partial charge >= 0.3 is 11.7 Å². The Morgan fingerprint density at radius 2 is 2.25 bits per heavy atom. The maximum atomic E-state index is 10.7. The second-order valence-corrected chi connectivity index (χ2v) is 3.31. The predicted octanol–water partition coefficient (Wildman–Crippen LogP) is 1.88. The van der Waals surface area contributed by atoms with Crippen LogP contribution in [0.4, 0.5) is 5.69 Å². The summed E-state index contributed by atoms with van der Waals surface area (Å²) in [7, 11) is 1.23. The lowest BCUT2D eigenvalue weighted by molar-refractivity contribution is -0.385. The Labute approximate surface area is 95.6 Å². The van der Waals surface area contributed by atoms with Crippen LogP contribution < -0.4 is 4.74 Å². The number of ether oxygens (including phenoxy) is 1. The molecule has 1 N–H and O–H groups in total. The molecule has 1 aromatic rings. The van der Waals surface area contributed by atoms with Crippen LogP contribution in [0.25, 0.3) is 0 Å². The molecule has 6 nitrogen and oxygen atoms in total. The van der Waals surface area contributed by atoms with Gasteiger partial charge in [0.25, 0.3) is 0 Å². The van der Waals surface area contributed by atoms with Crippen LogP contribution in [0.5, 0.6) is 5.75 Å². The van der Waals surface area contributed by atoms with Gasteiger partial charge in [0.2, 0.25) is 5.75 Å². The summed E-state index contributed by atoms with van der Waals surface area (Å²) in [5, 5.41) is 19.5. The molecule has 0 aliphatic heterocycles. The third-order valence-corrected chi connectivity index (χ3v) is 2.27. The number of rotatable bonds is 4. The highest BCUT2D eigenvalue weighted by molar-refractivity contribution is 6.31. The Morgan fingerprint density at radius 1 is 1.62 bits per heavy atom. The van der Waals surface area contributed by atoms with Gasteiger partial charge in [-0.3, -0.25) is 14.9 Å². The van der Waals surface area contributed by atoms with E-state index < -0.39 is 17.3 Å². The maximum absolute atomic E-state index is 10.7. The SMILES string of the molecule is COc1c([N+](=O)[O-])ccc(Cl)c1CC(=O)O. The number of hydrogen-bond donors (Lipinski definition) is 1. The molecule has 0 atom stereocenters. The first-order valence-electron chi connectivity index (χ1n) is 4.19. The van der Waals surface area contributed by atoms with E-state index >= 15 is 0 Å². The van der Waals surface area contributed by atoms with Crippen molar-refractivity contribution in [2.24, 2.45) is 0 Å². The lowest BCUT2D eigenvalue weighted by Gasteiger charge is -2.08. The van der Waals surface area contributed by atoms with Crippen LogP contribution in [0.2, 0.25) is 5.02 Å². The first-order valence-corrected chi connectivity index (χ1v) is 4.56. The molecule has 86 valence electrons. The molecule has 0 amide bonds. The summed E-state index contributed by atoms with van der Waals surface area (Å²) < 4.78 is 4.83. The van der Waals surface area contributed by atoms with Gasteiger partial charge in [0.1, 0.15) is 0 Å². The second-order valence-electron chi connectivity index (χ2n) is 2.91. The van der Waals surface area contributed by atoms with Crippen LogP contribution >= 0.6 is 11.6 Å². The van der Waals surface area contributed by atoms with Crippen molar-refractivity contribution < 1.29 is 19.6 Å². The molecular formula is C9H8ClNO5. The van der Waals surface area contributed by atoms with Crippen LogP contribution in [0.3, 0.4) is 0 Å². The van der Waals surface area contributed by atoms with Gasteiger partial charge in [-0.2, -0.15) is 0 Å². The number of halogens is 1. The zero-order valence-electron chi connectivity index (χ0n) is 8.27. The fourth-order valence-corrected chi connectivity index (χ4v) is 1.49. The molecule has 0 aromatic heterocycles. The molecule has 0 fully saturated rings. The van der Waals surface area contributed by atoms with Crippen molar-refractivity contribution in [3.63, 3.8) is 0 Å². The molecule has 1 aromatic carbocycles. The third-order valence-electron chi connectivity index (χ3n) is 1.91. The molecule has 16 heavy (non-hydrogen) atoms. The predicted molar refractivity (Wildman–Crippen MR) is 56.0 cm³/mol. The lowest BCUT2D eigenvalue weighted by Crippen LogP contribution is -2.05. The highest BCUT2D eigenvalue weighted by atomic mass is 35.5. The van der Waals surface area contributed by atoms with Crippen molar-refractivity contribution in [2.45, 2.75) is 6.42 Å². The number of carboxylic acid groups (broad SMARTS) is 1. The fourth-order valence-electron chi connectivity index (χ4n) is 1.28. The Hall–Kier alpha value is -1.82. The average molecular weight is 246 g/mol. The zero-order chi connectivity index (χ0) is 12.3. The monoisotopic (exact) mass is 245 g/mol. The molecule has 0 spiro atoms. The first kappa shape index (κ1) is 12.3. The normalized spacial score (nSPS) is 9.88. The van der Waals surface area contributed by atoms with Crippen LogP contribution in [-0.4, -0.2) is 23.1 Å². The average Bonchev–Trinajstić information content (AvgIpc) is 2.19. The van der Waals surface area contributed by atoms with Crippen LogP contribution in [0.1, 0.15) is 5.56 Å². The smallest absolute Gasteiger partial charge is 0.311 e. The Morgan fingerprint density at radius 3 is 2.69 bits per heavy atom. The van der Waals surface area contributed by atoms with Gasteiger partial charge < -0.3 is 9.84 Å². The van der Waals surface area contributed by atoms with Gasteiger partial charge in [-0.05, 0) is 6.07 Å². The van der Waals surface area contributed by atoms with Crippen molar-refractivity contribution in [3.8, 4) is 5.75 Å². The summed E-state index contributed by atoms with van der Waals surface area (Å²) in [5.41, 5.74) is -0.200. The minimum absolute atomic E-state index is 0.103. The summed E-state index contributed by atoms with van der Waals surface area (Å²) in [6.45, 7) is 0. The Bertz CT molecular complexity index is 446. The van der Waals surface area contributed by atoms with Crippen LogP contribution in [0, 0.1) is 10.1 Å². The summed E-state index contributed by atoms with van der Waals surface area (Å²) in [6, 6.07) is 2.45. The maximum Gasteiger partial charge on any atom is 0.311 e. The van der Waals surface area contributed by atoms with E-state index in [1.165, 1.54) is 19.2 Å². The molecule has 0 heterocycles. The number of methoxy groups -OCH3 is 1. The van der Waals surface area contributed by atoms with Crippen molar-refractivity contribution in [1.29, 1.82) is 0 Å². The molecule has 0 saturated carbocycles. The molecule has 0 aliphatic carbocycles. The molecule has 0 saturated heterocycles. The topological polar surface area (TPSA) is 89.7 Å². The van der Waals surface area contributed by atoms with Gasteiger partial charge in [0.05, 0.1) is 18.5 Å². The van der Waals surface area contributed by atoms with Crippen molar-refractivity contribution >= 4 is 23.3 Å². The Kier molecular flexibility index (Phi) is 3.68. The summed E-state index contributed by atoms with van der Waals surface area (Å²) in [6.07, 6.45) is -0.427. The number of nitro groups is 1. The molecule has 7 heteroatoms. The van der Waals surface area contributed by atoms with Crippen molar-refractivity contribution in [1.82, 2.24) is 0 Å². The third kappa shape index (κ3) is 2.40. The van der Waals surface area contributed by atoms with Crippen LogP contribution in [0.15, 0.2) is 12.1 Å². The largest absolute Gasteiger partial charge is 0.490 e. The number of hydrogen-bond acceptors (Lipinski definition) is 4. The number of carbonyl (C=O) groups is 1. The highest BCUT2D eigenvalue weighted by Gasteiger charge is 2.22. The lowest BCUT2D eigenvalue weighted by atomic mass is 10.1. The van der Waals surface area contributed by atoms with Gasteiger partial charge in [-0.25, -0.2) is 0 Å². The van der Waals surface area contributed by atoms with Crippen molar-refractivity contribution in [3.05, 3.63) is 32.8 Å². The molecule has 0 aliphatic rings. The Balaban J connectivity index is 3.37. The number of carboxylic acids is 1. The summed E-state index contributed by atoms with van der Waals surface area (Å²) in [5.74, 6) is -1.25. The van der Waals surface area contributed by atoms with E-state index in [-0.39, 0.29) is 22.0 Å². The van der Waals surface area contributed by atoms with Gasteiger partial charge in [-0.1, -0.05) is 11.6 Å². The van der Waals surface area contributed by atoms with E-state index in [1.54, 1.807) is 0 Å². The molecule has 0 bridgehead atoms. The quantitative estimate of drug-likeness (QED) is 0.646. The number of aliphatic carboxylic acids is 1. The van der Waals surface area contributed by atoms with Crippen molar-refractivity contribution in [2.75, 3.05) is 7.11 Å². The molecule has 0 radical (unpaired) electrons. The summed E-state index contributed by atoms with van der Waals surface area (Å²) in [4.78, 5) is 20.6. The highest BCUT2D eigenvalue weighted by Crippen LogP contribution is 2.35. The molecule has 0 unspecified atom stereocenters. The summed E-state index contributed by atoms with van der Waals surface area (Å²) >= 11 is 5.76. The number of nitrogens with zero attached hydrogens (tertiary/aromatic N) is 1. The van der Waals surface area contributed by atoms with E-state index in [2.05, 4.69) is 0 Å². The minimum Gasteiger partial charge on any atom is -0.490 e. The van der Waals surface area contributed by atoms with Crippen LogP contribution in [-0.2, 0) is 11.2 Å². The van der Waals surface area contributed by atoms with E-state index in [0.717, 1.165) is 0 Å². The number of benzene rings is 1. The van der Waals surface area contributed by atoms with E-state index in [9.17, 15) is 14.9 Å². The van der Waals surface area contributed by atoms with E-state index in [1.807, 2.05) is 0 Å². The number of nitro benzene ring substituents is 1. The van der Waals surface area contributed by atoms with Gasteiger partial charge in [0.15, 0.2) is 0 Å². The first-order chi connectivity index (χ1) is 7.47. The minimum atomic E-state index is -1.14. The zero-order valence-corrected chi connectivity index (χ0v) is 9.02. The van der Waals surface area contributed by atoms with Gasteiger partial charge in [0, 0.05) is 16.7 Å². The fraction of sp³-hybridized carbons (Fsp3) is 0.222. The van der Waals surface area contributed by atoms with Gasteiger partial charge in [-0.15, -0.1) is 0 Å². The van der Waals surface area contributed by atoms with E-state index in [0.29, 0.717) is 0 Å².